The molecule has 122 valence electrons. The van der Waals surface area contributed by atoms with Gasteiger partial charge in [-0.25, -0.2) is 4.79 Å². The maximum atomic E-state index is 12.1. The lowest BCUT2D eigenvalue weighted by Crippen LogP contribution is -2.34. The van der Waals surface area contributed by atoms with E-state index in [1.807, 2.05) is 0 Å². The molecular formula is C15H17N3O5. The third-order valence-corrected chi connectivity index (χ3v) is 3.19. The molecule has 1 unspecified atom stereocenters. The molecule has 8 nitrogen and oxygen atoms in total. The summed E-state index contributed by atoms with van der Waals surface area (Å²) in [5, 5.41) is 16.1. The van der Waals surface area contributed by atoms with E-state index in [0.717, 1.165) is 0 Å². The number of carbonyl (C=O) groups excluding carboxylic acids is 1. The van der Waals surface area contributed by atoms with Gasteiger partial charge in [0.25, 0.3) is 5.69 Å². The maximum absolute atomic E-state index is 12.1. The first kappa shape index (κ1) is 16.5. The monoisotopic (exact) mass is 319 g/mol. The van der Waals surface area contributed by atoms with E-state index >= 15 is 0 Å². The number of benzene rings is 1. The normalized spacial score (nSPS) is 11.7. The Morgan fingerprint density at radius 2 is 2.22 bits per heavy atom. The van der Waals surface area contributed by atoms with Crippen molar-refractivity contribution in [3.05, 3.63) is 58.0 Å². The number of nitrogens with zero attached hydrogens (tertiary/aromatic N) is 1. The van der Waals surface area contributed by atoms with Crippen molar-refractivity contribution in [2.75, 3.05) is 19.0 Å². The molecule has 1 aromatic carbocycles. The highest BCUT2D eigenvalue weighted by Crippen LogP contribution is 2.21. The number of hydrogen-bond donors (Lipinski definition) is 2. The molecule has 2 rings (SSSR count). The number of urea groups is 1. The van der Waals surface area contributed by atoms with Gasteiger partial charge in [0.15, 0.2) is 0 Å². The van der Waals surface area contributed by atoms with Gasteiger partial charge < -0.3 is 19.8 Å². The molecule has 2 aromatic rings. The van der Waals surface area contributed by atoms with Crippen LogP contribution in [-0.2, 0) is 4.74 Å². The van der Waals surface area contributed by atoms with Crippen LogP contribution in [-0.4, -0.2) is 24.7 Å². The lowest BCUT2D eigenvalue weighted by atomic mass is 10.2. The van der Waals surface area contributed by atoms with E-state index in [1.165, 1.54) is 31.6 Å². The minimum Gasteiger partial charge on any atom is -0.467 e. The standard InChI is InChI=1S/C15H17N3O5/c1-10-8-11(18(20)21)5-6-12(10)16-15(19)17-13(9-22-2)14-4-3-7-23-14/h3-8,13H,9H2,1-2H3,(H2,16,17,19). The van der Waals surface area contributed by atoms with Crippen LogP contribution >= 0.6 is 0 Å². The fraction of sp³-hybridized carbons (Fsp3) is 0.267. The van der Waals surface area contributed by atoms with E-state index in [-0.39, 0.29) is 12.3 Å². The zero-order chi connectivity index (χ0) is 16.8. The summed E-state index contributed by atoms with van der Waals surface area (Å²) in [6.45, 7) is 1.93. The van der Waals surface area contributed by atoms with E-state index < -0.39 is 17.0 Å². The first-order chi connectivity index (χ1) is 11.0. The Morgan fingerprint density at radius 1 is 1.43 bits per heavy atom. The second kappa shape index (κ2) is 7.41. The van der Waals surface area contributed by atoms with Gasteiger partial charge in [0.1, 0.15) is 11.8 Å². The van der Waals surface area contributed by atoms with Crippen LogP contribution in [0.1, 0.15) is 17.4 Å². The second-order valence-corrected chi connectivity index (χ2v) is 4.88. The summed E-state index contributed by atoms with van der Waals surface area (Å²) < 4.78 is 10.3. The van der Waals surface area contributed by atoms with Crippen molar-refractivity contribution in [3.63, 3.8) is 0 Å². The number of ether oxygens (including phenoxy) is 1. The first-order valence-corrected chi connectivity index (χ1v) is 6.86. The Balaban J connectivity index is 2.05. The molecule has 0 saturated carbocycles. The number of anilines is 1. The minimum atomic E-state index is -0.484. The number of hydrogen-bond acceptors (Lipinski definition) is 5. The van der Waals surface area contributed by atoms with E-state index in [1.54, 1.807) is 19.1 Å². The van der Waals surface area contributed by atoms with Crippen molar-refractivity contribution in [2.45, 2.75) is 13.0 Å². The van der Waals surface area contributed by atoms with E-state index in [4.69, 9.17) is 9.15 Å². The molecule has 1 aromatic heterocycles. The Bertz CT molecular complexity index is 684. The van der Waals surface area contributed by atoms with Gasteiger partial charge in [-0.2, -0.15) is 0 Å². The Labute approximate surface area is 132 Å². The molecule has 1 heterocycles. The molecule has 0 saturated heterocycles. The summed E-state index contributed by atoms with van der Waals surface area (Å²) in [7, 11) is 1.52. The molecule has 0 bridgehead atoms. The molecule has 0 aliphatic rings. The fourth-order valence-corrected chi connectivity index (χ4v) is 2.07. The predicted molar refractivity (Wildman–Crippen MR) is 83.3 cm³/mol. The van der Waals surface area contributed by atoms with Crippen molar-refractivity contribution < 1.29 is 18.9 Å². The summed E-state index contributed by atoms with van der Waals surface area (Å²) in [5.74, 6) is 0.572. The van der Waals surface area contributed by atoms with Gasteiger partial charge in [-0.05, 0) is 30.7 Å². The first-order valence-electron chi connectivity index (χ1n) is 6.86. The van der Waals surface area contributed by atoms with Gasteiger partial charge in [-0.15, -0.1) is 0 Å². The van der Waals surface area contributed by atoms with Crippen LogP contribution in [0.2, 0.25) is 0 Å². The molecular weight excluding hydrogens is 302 g/mol. The predicted octanol–water partition coefficient (Wildman–Crippen LogP) is 3.01. The van der Waals surface area contributed by atoms with Crippen LogP contribution in [0.4, 0.5) is 16.2 Å². The van der Waals surface area contributed by atoms with E-state index in [9.17, 15) is 14.9 Å². The van der Waals surface area contributed by atoms with Crippen molar-refractivity contribution >= 4 is 17.4 Å². The number of amides is 2. The fourth-order valence-electron chi connectivity index (χ4n) is 2.07. The molecule has 0 aliphatic heterocycles. The number of furan rings is 1. The summed E-state index contributed by atoms with van der Waals surface area (Å²) in [6.07, 6.45) is 1.51. The average molecular weight is 319 g/mol. The van der Waals surface area contributed by atoms with Crippen LogP contribution in [0, 0.1) is 17.0 Å². The Kier molecular flexibility index (Phi) is 5.32. The van der Waals surface area contributed by atoms with Crippen LogP contribution in [0.5, 0.6) is 0 Å². The van der Waals surface area contributed by atoms with Gasteiger partial charge in [-0.1, -0.05) is 0 Å². The Hall–Kier alpha value is -2.87. The summed E-state index contributed by atoms with van der Waals surface area (Å²) in [5.41, 5.74) is 1.06. The number of carbonyl (C=O) groups is 1. The number of rotatable bonds is 6. The van der Waals surface area contributed by atoms with Gasteiger partial charge in [0, 0.05) is 24.9 Å². The molecule has 23 heavy (non-hydrogen) atoms. The smallest absolute Gasteiger partial charge is 0.319 e. The largest absolute Gasteiger partial charge is 0.467 e. The topological polar surface area (TPSA) is 107 Å². The number of non-ortho nitro benzene ring substituents is 1. The molecule has 8 heteroatoms. The highest BCUT2D eigenvalue weighted by molar-refractivity contribution is 5.90. The lowest BCUT2D eigenvalue weighted by molar-refractivity contribution is -0.384. The number of methoxy groups -OCH3 is 1. The number of nitro benzene ring substituents is 1. The molecule has 0 radical (unpaired) electrons. The van der Waals surface area contributed by atoms with Crippen LogP contribution in [0.25, 0.3) is 0 Å². The number of nitro groups is 1. The molecule has 0 spiro atoms. The summed E-state index contributed by atoms with van der Waals surface area (Å²) >= 11 is 0. The minimum absolute atomic E-state index is 0.0266. The zero-order valence-electron chi connectivity index (χ0n) is 12.7. The quantitative estimate of drug-likeness (QED) is 0.628. The lowest BCUT2D eigenvalue weighted by Gasteiger charge is -2.17. The SMILES string of the molecule is COCC(NC(=O)Nc1ccc([N+](=O)[O-])cc1C)c1ccco1. The maximum Gasteiger partial charge on any atom is 0.319 e. The van der Waals surface area contributed by atoms with E-state index in [2.05, 4.69) is 10.6 Å². The van der Waals surface area contributed by atoms with Gasteiger partial charge in [0.05, 0.1) is 17.8 Å². The molecule has 0 fully saturated rings. The Morgan fingerprint density at radius 3 is 2.78 bits per heavy atom. The van der Waals surface area contributed by atoms with Crippen molar-refractivity contribution in [1.29, 1.82) is 0 Å². The van der Waals surface area contributed by atoms with Gasteiger partial charge in [0.2, 0.25) is 0 Å². The van der Waals surface area contributed by atoms with Gasteiger partial charge in [-0.3, -0.25) is 10.1 Å². The average Bonchev–Trinajstić information content (AvgIpc) is 3.03. The highest BCUT2D eigenvalue weighted by Gasteiger charge is 2.18. The zero-order valence-corrected chi connectivity index (χ0v) is 12.7. The third-order valence-electron chi connectivity index (χ3n) is 3.19. The molecule has 0 aliphatic carbocycles. The molecule has 2 N–H and O–H groups in total. The third kappa shape index (κ3) is 4.30. The van der Waals surface area contributed by atoms with Crippen LogP contribution in [0.15, 0.2) is 41.0 Å². The molecule has 1 atom stereocenters. The van der Waals surface area contributed by atoms with Crippen molar-refractivity contribution in [1.82, 2.24) is 5.32 Å². The van der Waals surface area contributed by atoms with Crippen molar-refractivity contribution in [2.24, 2.45) is 0 Å². The van der Waals surface area contributed by atoms with Crippen LogP contribution < -0.4 is 10.6 Å². The number of nitrogens with one attached hydrogen (secondary N) is 2. The van der Waals surface area contributed by atoms with Crippen molar-refractivity contribution in [3.8, 4) is 0 Å². The van der Waals surface area contributed by atoms with E-state index in [0.29, 0.717) is 17.0 Å². The highest BCUT2D eigenvalue weighted by atomic mass is 16.6. The second-order valence-electron chi connectivity index (χ2n) is 4.88. The molecule has 2 amide bonds. The summed E-state index contributed by atoms with van der Waals surface area (Å²) in [6, 6.07) is 6.79. The van der Waals surface area contributed by atoms with Gasteiger partial charge >= 0.3 is 6.03 Å². The number of aryl methyl sites for hydroxylation is 1. The summed E-state index contributed by atoms with van der Waals surface area (Å²) in [4.78, 5) is 22.3. The van der Waals surface area contributed by atoms with Crippen LogP contribution in [0.3, 0.4) is 0 Å².